The molecule has 1 aromatic carbocycles. The maximum atomic E-state index is 13.9. The first kappa shape index (κ1) is 18.9. The predicted octanol–water partition coefficient (Wildman–Crippen LogP) is 5.65. The number of hydrogen-bond acceptors (Lipinski definition) is 2. The second kappa shape index (κ2) is 6.97. The Bertz CT molecular complexity index is 723. The minimum atomic E-state index is -0.0185. The fraction of sp³-hybridized carbons (Fsp3) is 0.731. The van der Waals surface area contributed by atoms with Crippen molar-refractivity contribution in [3.8, 4) is 0 Å². The van der Waals surface area contributed by atoms with E-state index in [9.17, 15) is 4.79 Å². The standard InChI is InChI=1S/C26H37NO/c1-2-10-24-14-21-15-25(17-24,22-6-4-3-5-7-22)19-26(16-21,18-24)23(28)13-20-8-11-27-12-9-20/h3-7,20-21,27H,2,8-19H2,1H3/t21?,24-,25-,26?/m1/s1. The lowest BCUT2D eigenvalue weighted by molar-refractivity contribution is -0.162. The van der Waals surface area contributed by atoms with Crippen LogP contribution in [-0.4, -0.2) is 18.9 Å². The van der Waals surface area contributed by atoms with Crippen LogP contribution < -0.4 is 5.32 Å². The molecule has 6 rings (SSSR count). The molecule has 1 saturated heterocycles. The Morgan fingerprint density at radius 1 is 1.04 bits per heavy atom. The first-order valence-electron chi connectivity index (χ1n) is 11.9. The third-order valence-electron chi connectivity index (χ3n) is 8.87. The van der Waals surface area contributed by atoms with Gasteiger partial charge in [0.25, 0.3) is 0 Å². The minimum Gasteiger partial charge on any atom is -0.317 e. The van der Waals surface area contributed by atoms with Crippen molar-refractivity contribution < 1.29 is 4.79 Å². The van der Waals surface area contributed by atoms with Crippen LogP contribution in [0.15, 0.2) is 30.3 Å². The van der Waals surface area contributed by atoms with Crippen molar-refractivity contribution in [2.45, 2.75) is 83.0 Å². The van der Waals surface area contributed by atoms with Gasteiger partial charge in [0, 0.05) is 11.8 Å². The van der Waals surface area contributed by atoms with E-state index in [0.29, 0.717) is 17.1 Å². The highest BCUT2D eigenvalue weighted by atomic mass is 16.1. The number of benzene rings is 1. The maximum Gasteiger partial charge on any atom is 0.139 e. The molecule has 1 N–H and O–H groups in total. The van der Waals surface area contributed by atoms with Crippen LogP contribution in [0.5, 0.6) is 0 Å². The van der Waals surface area contributed by atoms with E-state index in [1.165, 1.54) is 63.4 Å². The molecule has 152 valence electrons. The molecule has 1 heterocycles. The molecule has 2 unspecified atom stereocenters. The van der Waals surface area contributed by atoms with Gasteiger partial charge in [-0.1, -0.05) is 43.7 Å². The summed E-state index contributed by atoms with van der Waals surface area (Å²) in [5.41, 5.74) is 2.20. The summed E-state index contributed by atoms with van der Waals surface area (Å²) < 4.78 is 0. The summed E-state index contributed by atoms with van der Waals surface area (Å²) in [6, 6.07) is 11.3. The molecule has 0 aromatic heterocycles. The van der Waals surface area contributed by atoms with Crippen LogP contribution in [0, 0.1) is 22.7 Å². The molecule has 4 saturated carbocycles. The predicted molar refractivity (Wildman–Crippen MR) is 114 cm³/mol. The van der Waals surface area contributed by atoms with E-state index < -0.39 is 0 Å². The fourth-order valence-electron chi connectivity index (χ4n) is 8.44. The lowest BCUT2D eigenvalue weighted by Gasteiger charge is -2.67. The molecule has 28 heavy (non-hydrogen) atoms. The number of nitrogens with one attached hydrogen (secondary N) is 1. The summed E-state index contributed by atoms with van der Waals surface area (Å²) >= 11 is 0. The van der Waals surface area contributed by atoms with E-state index in [-0.39, 0.29) is 10.8 Å². The third-order valence-corrected chi connectivity index (χ3v) is 8.87. The van der Waals surface area contributed by atoms with E-state index >= 15 is 0 Å². The van der Waals surface area contributed by atoms with Gasteiger partial charge in [-0.05, 0) is 99.1 Å². The average Bonchev–Trinajstić information content (AvgIpc) is 2.68. The largest absolute Gasteiger partial charge is 0.317 e. The van der Waals surface area contributed by atoms with Gasteiger partial charge in [-0.25, -0.2) is 0 Å². The van der Waals surface area contributed by atoms with Gasteiger partial charge < -0.3 is 5.32 Å². The lowest BCUT2D eigenvalue weighted by atomic mass is 9.37. The first-order chi connectivity index (χ1) is 13.6. The lowest BCUT2D eigenvalue weighted by Crippen LogP contribution is -2.61. The van der Waals surface area contributed by atoms with Gasteiger partial charge in [0.05, 0.1) is 0 Å². The van der Waals surface area contributed by atoms with Gasteiger partial charge in [0.15, 0.2) is 0 Å². The zero-order valence-electron chi connectivity index (χ0n) is 17.6. The van der Waals surface area contributed by atoms with Crippen LogP contribution in [-0.2, 0) is 10.2 Å². The van der Waals surface area contributed by atoms with Gasteiger partial charge in [-0.15, -0.1) is 0 Å². The Balaban J connectivity index is 1.49. The van der Waals surface area contributed by atoms with Crippen LogP contribution in [0.2, 0.25) is 0 Å². The average molecular weight is 380 g/mol. The van der Waals surface area contributed by atoms with Crippen LogP contribution in [0.25, 0.3) is 0 Å². The highest BCUT2D eigenvalue weighted by Gasteiger charge is 2.65. The normalized spacial score (nSPS) is 40.0. The summed E-state index contributed by atoms with van der Waals surface area (Å²) in [4.78, 5) is 13.9. The fourth-order valence-corrected chi connectivity index (χ4v) is 8.44. The molecule has 1 aromatic rings. The SMILES string of the molecule is CCC[C@]12CC3CC(C(=O)CC4CCNCC4)(C1)C[C@@](c1ccccc1)(C3)C2. The molecule has 4 aliphatic carbocycles. The quantitative estimate of drug-likeness (QED) is 0.691. The number of carbonyl (C=O) groups excluding carboxylic acids is 1. The second-order valence-electron chi connectivity index (χ2n) is 11.0. The molecule has 2 heteroatoms. The van der Waals surface area contributed by atoms with Crippen molar-refractivity contribution in [2.75, 3.05) is 13.1 Å². The van der Waals surface area contributed by atoms with E-state index in [0.717, 1.165) is 31.8 Å². The van der Waals surface area contributed by atoms with Gasteiger partial charge in [0.1, 0.15) is 5.78 Å². The van der Waals surface area contributed by atoms with Crippen molar-refractivity contribution in [3.63, 3.8) is 0 Å². The number of rotatable bonds is 6. The van der Waals surface area contributed by atoms with E-state index in [1.807, 2.05) is 0 Å². The van der Waals surface area contributed by atoms with Gasteiger partial charge in [-0.2, -0.15) is 0 Å². The molecule has 0 spiro atoms. The van der Waals surface area contributed by atoms with Crippen molar-refractivity contribution in [1.82, 2.24) is 5.32 Å². The van der Waals surface area contributed by atoms with Crippen LogP contribution in [0.1, 0.15) is 83.1 Å². The number of piperidine rings is 1. The topological polar surface area (TPSA) is 29.1 Å². The van der Waals surface area contributed by atoms with Crippen LogP contribution in [0.4, 0.5) is 0 Å². The summed E-state index contributed by atoms with van der Waals surface area (Å²) in [6.45, 7) is 4.54. The summed E-state index contributed by atoms with van der Waals surface area (Å²) in [7, 11) is 0. The Morgan fingerprint density at radius 2 is 1.82 bits per heavy atom. The second-order valence-corrected chi connectivity index (χ2v) is 11.0. The highest BCUT2D eigenvalue weighted by Crippen LogP contribution is 2.71. The number of hydrogen-bond donors (Lipinski definition) is 1. The smallest absolute Gasteiger partial charge is 0.139 e. The zero-order valence-corrected chi connectivity index (χ0v) is 17.6. The monoisotopic (exact) mass is 379 g/mol. The highest BCUT2D eigenvalue weighted by molar-refractivity contribution is 5.86. The third kappa shape index (κ3) is 3.07. The minimum absolute atomic E-state index is 0.0185. The van der Waals surface area contributed by atoms with Crippen molar-refractivity contribution in [1.29, 1.82) is 0 Å². The molecule has 5 fully saturated rings. The summed E-state index contributed by atoms with van der Waals surface area (Å²) in [6.07, 6.45) is 13.4. The van der Waals surface area contributed by atoms with Gasteiger partial charge in [0.2, 0.25) is 0 Å². The molecular weight excluding hydrogens is 342 g/mol. The number of carbonyl (C=O) groups is 1. The Morgan fingerprint density at radius 3 is 2.57 bits per heavy atom. The molecule has 4 bridgehead atoms. The van der Waals surface area contributed by atoms with Gasteiger partial charge in [-0.3, -0.25) is 4.79 Å². The van der Waals surface area contributed by atoms with Crippen molar-refractivity contribution >= 4 is 5.78 Å². The number of ketones is 1. The summed E-state index contributed by atoms with van der Waals surface area (Å²) in [5, 5.41) is 3.46. The van der Waals surface area contributed by atoms with Crippen LogP contribution >= 0.6 is 0 Å². The molecule has 5 aliphatic rings. The molecular formula is C26H37NO. The maximum absolute atomic E-state index is 13.9. The molecule has 4 atom stereocenters. The molecule has 0 amide bonds. The van der Waals surface area contributed by atoms with Crippen LogP contribution in [0.3, 0.4) is 0 Å². The number of Topliss-reactive ketones (excluding diaryl/α,β-unsaturated/α-hetero) is 1. The first-order valence-corrected chi connectivity index (χ1v) is 11.9. The summed E-state index contributed by atoms with van der Waals surface area (Å²) in [5.74, 6) is 2.03. The van der Waals surface area contributed by atoms with Gasteiger partial charge >= 0.3 is 0 Å². The van der Waals surface area contributed by atoms with E-state index in [1.54, 1.807) is 0 Å². The Labute approximate surface area is 170 Å². The zero-order chi connectivity index (χ0) is 19.2. The Hall–Kier alpha value is -1.15. The molecule has 0 radical (unpaired) electrons. The molecule has 1 aliphatic heterocycles. The molecule has 2 nitrogen and oxygen atoms in total. The Kier molecular flexibility index (Phi) is 4.69. The van der Waals surface area contributed by atoms with Crippen molar-refractivity contribution in [3.05, 3.63) is 35.9 Å². The van der Waals surface area contributed by atoms with E-state index in [4.69, 9.17) is 0 Å². The van der Waals surface area contributed by atoms with E-state index in [2.05, 4.69) is 42.6 Å². The van der Waals surface area contributed by atoms with Crippen molar-refractivity contribution in [2.24, 2.45) is 22.7 Å².